The summed E-state index contributed by atoms with van der Waals surface area (Å²) in [5, 5.41) is 7.84. The van der Waals surface area contributed by atoms with Gasteiger partial charge in [0.2, 0.25) is 5.91 Å². The fourth-order valence-electron chi connectivity index (χ4n) is 1.47. The van der Waals surface area contributed by atoms with Crippen LogP contribution < -0.4 is 16.1 Å². The topological polar surface area (TPSA) is 56.4 Å². The molecule has 0 saturated carbocycles. The highest BCUT2D eigenvalue weighted by Crippen LogP contribution is 2.10. The summed E-state index contributed by atoms with van der Waals surface area (Å²) in [5.74, 6) is 0.562. The first-order chi connectivity index (χ1) is 5.81. The molecule has 5 nitrogen and oxygen atoms in total. The van der Waals surface area contributed by atoms with Crippen LogP contribution in [0.1, 0.15) is 6.42 Å². The van der Waals surface area contributed by atoms with Gasteiger partial charge in [-0.1, -0.05) is 0 Å². The fraction of sp³-hybridized carbons (Fsp3) is 0.833. The predicted octanol–water partition coefficient (Wildman–Crippen LogP) is -1.24. The summed E-state index contributed by atoms with van der Waals surface area (Å²) in [6.07, 6.45) is 0.379. The Labute approximate surface area is 75.4 Å². The first kappa shape index (κ1) is 8.25. The second-order valence-corrected chi connectivity index (χ2v) is 3.24. The molecular weight excluding hydrogens is 180 g/mol. The van der Waals surface area contributed by atoms with E-state index in [1.54, 1.807) is 5.01 Å². The number of carbonyl (C=O) groups excluding carboxylic acids is 1. The van der Waals surface area contributed by atoms with Gasteiger partial charge in [-0.2, -0.15) is 0 Å². The van der Waals surface area contributed by atoms with Gasteiger partial charge in [0.25, 0.3) is 0 Å². The van der Waals surface area contributed by atoms with Gasteiger partial charge in [0.05, 0.1) is 6.67 Å². The maximum atomic E-state index is 11.4. The zero-order chi connectivity index (χ0) is 8.55. The van der Waals surface area contributed by atoms with Crippen LogP contribution in [-0.2, 0) is 4.79 Å². The van der Waals surface area contributed by atoms with Crippen molar-refractivity contribution in [3.05, 3.63) is 0 Å². The molecule has 0 aromatic heterocycles. The van der Waals surface area contributed by atoms with Crippen molar-refractivity contribution in [2.45, 2.75) is 18.8 Å². The number of amides is 1. The molecule has 0 aromatic carbocycles. The molecule has 68 valence electrons. The average Bonchev–Trinajstić information content (AvgIpc) is 2.52. The van der Waals surface area contributed by atoms with Crippen LogP contribution in [0.5, 0.6) is 0 Å². The van der Waals surface area contributed by atoms with Crippen molar-refractivity contribution in [1.82, 2.24) is 21.1 Å². The molecule has 3 N–H and O–H groups in total. The molecule has 6 heteroatoms. The predicted molar refractivity (Wildman–Crippen MR) is 44.0 cm³/mol. The third kappa shape index (κ3) is 1.29. The van der Waals surface area contributed by atoms with Crippen LogP contribution in [-0.4, -0.2) is 35.8 Å². The Morgan fingerprint density at radius 3 is 3.25 bits per heavy atom. The Bertz CT molecular complexity index is 200. The molecule has 2 fully saturated rings. The van der Waals surface area contributed by atoms with Crippen molar-refractivity contribution in [3.8, 4) is 0 Å². The van der Waals surface area contributed by atoms with Gasteiger partial charge in [-0.3, -0.25) is 15.4 Å². The summed E-state index contributed by atoms with van der Waals surface area (Å²) in [5.41, 5.74) is 2.92. The van der Waals surface area contributed by atoms with Gasteiger partial charge in [-0.15, -0.1) is 11.6 Å². The lowest BCUT2D eigenvalue weighted by Gasteiger charge is -2.33. The Hall–Kier alpha value is -0.360. The fourth-order valence-corrected chi connectivity index (χ4v) is 1.66. The van der Waals surface area contributed by atoms with Gasteiger partial charge >= 0.3 is 0 Å². The summed E-state index contributed by atoms with van der Waals surface area (Å²) >= 11 is 5.65. The van der Waals surface area contributed by atoms with Gasteiger partial charge in [0.15, 0.2) is 6.29 Å². The number of hydrazine groups is 1. The molecule has 2 aliphatic heterocycles. The molecule has 2 aliphatic rings. The number of hydrogen-bond acceptors (Lipinski definition) is 4. The molecule has 0 bridgehead atoms. The summed E-state index contributed by atoms with van der Waals surface area (Å²) in [6.45, 7) is 0.623. The quantitative estimate of drug-likeness (QED) is 0.453. The molecule has 2 saturated heterocycles. The molecule has 12 heavy (non-hydrogen) atoms. The van der Waals surface area contributed by atoms with Crippen LogP contribution in [0.15, 0.2) is 0 Å². The van der Waals surface area contributed by atoms with Crippen LogP contribution in [0.4, 0.5) is 0 Å². The van der Waals surface area contributed by atoms with E-state index in [1.807, 2.05) is 0 Å². The van der Waals surface area contributed by atoms with Crippen molar-refractivity contribution in [2.75, 3.05) is 12.5 Å². The first-order valence-electron chi connectivity index (χ1n) is 3.92. The lowest BCUT2D eigenvalue weighted by molar-refractivity contribution is -0.139. The third-order valence-electron chi connectivity index (χ3n) is 2.07. The molecule has 0 radical (unpaired) electrons. The van der Waals surface area contributed by atoms with E-state index >= 15 is 0 Å². The lowest BCUT2D eigenvalue weighted by atomic mass is 10.2. The highest BCUT2D eigenvalue weighted by atomic mass is 35.5. The number of halogens is 1. The second-order valence-electron chi connectivity index (χ2n) is 2.93. The normalized spacial score (nSPS) is 35.4. The molecule has 0 spiro atoms. The van der Waals surface area contributed by atoms with Crippen molar-refractivity contribution in [3.63, 3.8) is 0 Å². The zero-order valence-corrected chi connectivity index (χ0v) is 7.27. The Morgan fingerprint density at radius 1 is 1.67 bits per heavy atom. The van der Waals surface area contributed by atoms with Crippen LogP contribution in [0.2, 0.25) is 0 Å². The maximum absolute atomic E-state index is 11.4. The number of hydrogen-bond donors (Lipinski definition) is 3. The van der Waals surface area contributed by atoms with E-state index in [2.05, 4.69) is 16.1 Å². The van der Waals surface area contributed by atoms with Gasteiger partial charge in [0.1, 0.15) is 0 Å². The minimum atomic E-state index is -0.0880. The number of alkyl halides is 1. The number of carbonyl (C=O) groups is 1. The van der Waals surface area contributed by atoms with Crippen molar-refractivity contribution < 1.29 is 4.79 Å². The summed E-state index contributed by atoms with van der Waals surface area (Å²) in [6, 6.07) is 0.0906. The van der Waals surface area contributed by atoms with Crippen LogP contribution in [0.25, 0.3) is 0 Å². The van der Waals surface area contributed by atoms with Gasteiger partial charge < -0.3 is 0 Å². The molecule has 0 aromatic rings. The van der Waals surface area contributed by atoms with E-state index in [0.717, 1.165) is 0 Å². The van der Waals surface area contributed by atoms with Crippen molar-refractivity contribution in [2.24, 2.45) is 0 Å². The van der Waals surface area contributed by atoms with Crippen molar-refractivity contribution in [1.29, 1.82) is 0 Å². The van der Waals surface area contributed by atoms with Gasteiger partial charge in [0, 0.05) is 18.3 Å². The maximum Gasteiger partial charge on any atom is 0.240 e. The van der Waals surface area contributed by atoms with Crippen LogP contribution >= 0.6 is 11.6 Å². The van der Waals surface area contributed by atoms with Crippen molar-refractivity contribution >= 4 is 17.5 Å². The SMILES string of the molecule is O=C1CC(CCl)NC2NCNN12. The summed E-state index contributed by atoms with van der Waals surface area (Å²) in [4.78, 5) is 11.4. The lowest BCUT2D eigenvalue weighted by Crippen LogP contribution is -2.61. The molecule has 2 atom stereocenters. The van der Waals surface area contributed by atoms with E-state index in [9.17, 15) is 4.79 Å². The number of rotatable bonds is 1. The first-order valence-corrected chi connectivity index (χ1v) is 4.45. The summed E-state index contributed by atoms with van der Waals surface area (Å²) < 4.78 is 0. The van der Waals surface area contributed by atoms with Gasteiger partial charge in [-0.25, -0.2) is 10.4 Å². The summed E-state index contributed by atoms with van der Waals surface area (Å²) in [7, 11) is 0. The average molecular weight is 191 g/mol. The molecule has 0 aliphatic carbocycles. The van der Waals surface area contributed by atoms with E-state index in [1.165, 1.54) is 0 Å². The van der Waals surface area contributed by atoms with E-state index < -0.39 is 0 Å². The highest BCUT2D eigenvalue weighted by molar-refractivity contribution is 6.18. The number of fused-ring (bicyclic) bond motifs is 1. The van der Waals surface area contributed by atoms with E-state index in [-0.39, 0.29) is 18.2 Å². The Balaban J connectivity index is 2.05. The second kappa shape index (κ2) is 3.18. The molecule has 2 heterocycles. The number of nitrogens with zero attached hydrogens (tertiary/aromatic N) is 1. The minimum Gasteiger partial charge on any atom is -0.279 e. The van der Waals surface area contributed by atoms with Crippen LogP contribution in [0, 0.1) is 0 Å². The smallest absolute Gasteiger partial charge is 0.240 e. The van der Waals surface area contributed by atoms with Crippen LogP contribution in [0.3, 0.4) is 0 Å². The minimum absolute atomic E-state index is 0.0880. The molecule has 2 unspecified atom stereocenters. The largest absolute Gasteiger partial charge is 0.279 e. The molecular formula is C6H11ClN4O. The number of nitrogens with one attached hydrogen (secondary N) is 3. The standard InChI is InChI=1S/C6H11ClN4O/c7-2-4-1-5(12)11-6(10-4)8-3-9-11/h4,6,8-10H,1-3H2. The Morgan fingerprint density at radius 2 is 2.50 bits per heavy atom. The molecule has 2 rings (SSSR count). The molecule has 1 amide bonds. The van der Waals surface area contributed by atoms with E-state index in [0.29, 0.717) is 19.0 Å². The van der Waals surface area contributed by atoms with Gasteiger partial charge in [-0.05, 0) is 0 Å². The highest BCUT2D eigenvalue weighted by Gasteiger charge is 2.35. The Kier molecular flexibility index (Phi) is 2.18. The van der Waals surface area contributed by atoms with E-state index in [4.69, 9.17) is 11.6 Å². The zero-order valence-electron chi connectivity index (χ0n) is 6.51. The third-order valence-corrected chi connectivity index (χ3v) is 2.45. The monoisotopic (exact) mass is 190 g/mol.